The maximum absolute atomic E-state index is 12.6. The Morgan fingerprint density at radius 3 is 2.21 bits per heavy atom. The number of carbonyl (C=O) groups excluding carboxylic acids is 2. The molecular formula is C16H20F3N3O2. The highest BCUT2D eigenvalue weighted by Crippen LogP contribution is 2.30. The fourth-order valence-electron chi connectivity index (χ4n) is 2.69. The van der Waals surface area contributed by atoms with Gasteiger partial charge in [-0.3, -0.25) is 4.79 Å². The summed E-state index contributed by atoms with van der Waals surface area (Å²) >= 11 is 0. The second kappa shape index (κ2) is 7.11. The Labute approximate surface area is 138 Å². The van der Waals surface area contributed by atoms with Gasteiger partial charge in [-0.05, 0) is 37.5 Å². The smallest absolute Gasteiger partial charge is 0.369 e. The van der Waals surface area contributed by atoms with Crippen LogP contribution in [0.3, 0.4) is 0 Å². The highest BCUT2D eigenvalue weighted by molar-refractivity contribution is 5.78. The molecule has 0 unspecified atom stereocenters. The normalized spacial score (nSPS) is 17.4. The SMILES string of the molecule is C[C@H](NC(=O)N1CCC(C(N)=O)CC1)c1ccc(C(F)(F)F)cc1. The summed E-state index contributed by atoms with van der Waals surface area (Å²) < 4.78 is 37.7. The van der Waals surface area contributed by atoms with Gasteiger partial charge in [0.25, 0.3) is 0 Å². The van der Waals surface area contributed by atoms with E-state index in [9.17, 15) is 22.8 Å². The Morgan fingerprint density at radius 2 is 1.75 bits per heavy atom. The highest BCUT2D eigenvalue weighted by Gasteiger charge is 2.30. The number of nitrogens with two attached hydrogens (primary N) is 1. The highest BCUT2D eigenvalue weighted by atomic mass is 19.4. The van der Waals surface area contributed by atoms with Crippen molar-refractivity contribution in [2.24, 2.45) is 11.7 Å². The van der Waals surface area contributed by atoms with Gasteiger partial charge in [-0.1, -0.05) is 12.1 Å². The van der Waals surface area contributed by atoms with E-state index in [0.717, 1.165) is 12.1 Å². The van der Waals surface area contributed by atoms with Crippen molar-refractivity contribution in [2.45, 2.75) is 32.0 Å². The summed E-state index contributed by atoms with van der Waals surface area (Å²) in [5.74, 6) is -0.561. The zero-order valence-corrected chi connectivity index (χ0v) is 13.3. The first-order valence-corrected chi connectivity index (χ1v) is 7.70. The number of alkyl halides is 3. The lowest BCUT2D eigenvalue weighted by molar-refractivity contribution is -0.137. The molecule has 1 heterocycles. The van der Waals surface area contributed by atoms with Crippen LogP contribution in [0.15, 0.2) is 24.3 Å². The number of urea groups is 1. The molecule has 1 aromatic rings. The minimum atomic E-state index is -4.38. The molecule has 0 radical (unpaired) electrons. The molecule has 1 aliphatic rings. The minimum Gasteiger partial charge on any atom is -0.369 e. The monoisotopic (exact) mass is 343 g/mol. The molecule has 0 aliphatic carbocycles. The molecule has 0 saturated carbocycles. The van der Waals surface area contributed by atoms with Crippen LogP contribution in [0.4, 0.5) is 18.0 Å². The number of likely N-dealkylation sites (tertiary alicyclic amines) is 1. The van der Waals surface area contributed by atoms with Crippen LogP contribution in [-0.4, -0.2) is 29.9 Å². The van der Waals surface area contributed by atoms with Crippen molar-refractivity contribution in [3.05, 3.63) is 35.4 Å². The first kappa shape index (κ1) is 18.1. The average Bonchev–Trinajstić information content (AvgIpc) is 2.54. The van der Waals surface area contributed by atoms with Gasteiger partial charge < -0.3 is 16.0 Å². The van der Waals surface area contributed by atoms with Crippen LogP contribution < -0.4 is 11.1 Å². The summed E-state index contributed by atoms with van der Waals surface area (Å²) in [4.78, 5) is 24.9. The van der Waals surface area contributed by atoms with Crippen molar-refractivity contribution in [3.63, 3.8) is 0 Å². The van der Waals surface area contributed by atoms with E-state index in [1.165, 1.54) is 12.1 Å². The summed E-state index contributed by atoms with van der Waals surface area (Å²) in [5.41, 5.74) is 5.11. The Balaban J connectivity index is 1.91. The van der Waals surface area contributed by atoms with Crippen molar-refractivity contribution in [1.29, 1.82) is 0 Å². The van der Waals surface area contributed by atoms with Crippen LogP contribution >= 0.6 is 0 Å². The zero-order chi connectivity index (χ0) is 17.9. The number of halogens is 3. The maximum Gasteiger partial charge on any atom is 0.416 e. The largest absolute Gasteiger partial charge is 0.416 e. The molecule has 1 atom stereocenters. The van der Waals surface area contributed by atoms with Crippen LogP contribution in [0.2, 0.25) is 0 Å². The molecule has 0 aromatic heterocycles. The number of rotatable bonds is 3. The van der Waals surface area contributed by atoms with Crippen LogP contribution in [-0.2, 0) is 11.0 Å². The second-order valence-corrected chi connectivity index (χ2v) is 5.95. The number of nitrogens with one attached hydrogen (secondary N) is 1. The van der Waals surface area contributed by atoms with Crippen LogP contribution in [0.1, 0.15) is 36.9 Å². The third-order valence-corrected chi connectivity index (χ3v) is 4.26. The standard InChI is InChI=1S/C16H20F3N3O2/c1-10(11-2-4-13(5-3-11)16(17,18)19)21-15(24)22-8-6-12(7-9-22)14(20)23/h2-5,10,12H,6-9H2,1H3,(H2,20,23)(H,21,24)/t10-/m0/s1. The van der Waals surface area contributed by atoms with E-state index in [4.69, 9.17) is 5.73 Å². The van der Waals surface area contributed by atoms with Gasteiger partial charge in [-0.15, -0.1) is 0 Å². The van der Waals surface area contributed by atoms with E-state index in [-0.39, 0.29) is 17.9 Å². The predicted octanol–water partition coefficient (Wildman–Crippen LogP) is 2.67. The maximum atomic E-state index is 12.6. The number of piperidine rings is 1. The number of primary amides is 1. The van der Waals surface area contributed by atoms with Gasteiger partial charge in [-0.25, -0.2) is 4.79 Å². The summed E-state index contributed by atoms with van der Waals surface area (Å²) in [7, 11) is 0. The molecule has 1 fully saturated rings. The summed E-state index contributed by atoms with van der Waals surface area (Å²) in [6.45, 7) is 2.56. The predicted molar refractivity (Wildman–Crippen MR) is 81.9 cm³/mol. The van der Waals surface area contributed by atoms with Crippen LogP contribution in [0.25, 0.3) is 0 Å². The second-order valence-electron chi connectivity index (χ2n) is 5.95. The molecule has 24 heavy (non-hydrogen) atoms. The minimum absolute atomic E-state index is 0.207. The van der Waals surface area contributed by atoms with Crippen LogP contribution in [0.5, 0.6) is 0 Å². The topological polar surface area (TPSA) is 75.4 Å². The summed E-state index contributed by atoms with van der Waals surface area (Å²) in [6, 6.07) is 3.98. The van der Waals surface area contributed by atoms with Crippen molar-refractivity contribution in [1.82, 2.24) is 10.2 Å². The van der Waals surface area contributed by atoms with E-state index >= 15 is 0 Å². The molecule has 8 heteroatoms. The zero-order valence-electron chi connectivity index (χ0n) is 13.3. The van der Waals surface area contributed by atoms with Gasteiger partial charge >= 0.3 is 12.2 Å². The van der Waals surface area contributed by atoms with Gasteiger partial charge in [-0.2, -0.15) is 13.2 Å². The Morgan fingerprint density at radius 1 is 1.21 bits per heavy atom. The quantitative estimate of drug-likeness (QED) is 0.885. The van der Waals surface area contributed by atoms with Gasteiger partial charge in [0.05, 0.1) is 11.6 Å². The van der Waals surface area contributed by atoms with E-state index in [0.29, 0.717) is 31.5 Å². The first-order chi connectivity index (χ1) is 11.2. The summed E-state index contributed by atoms with van der Waals surface area (Å²) in [5, 5.41) is 2.76. The first-order valence-electron chi connectivity index (χ1n) is 7.70. The third kappa shape index (κ3) is 4.39. The molecule has 0 bridgehead atoms. The molecule has 2 rings (SSSR count). The van der Waals surface area contributed by atoms with E-state index in [2.05, 4.69) is 5.32 Å². The molecule has 5 nitrogen and oxygen atoms in total. The molecule has 1 aliphatic heterocycles. The lowest BCUT2D eigenvalue weighted by Crippen LogP contribution is -2.46. The van der Waals surface area contributed by atoms with Gasteiger partial charge in [0.15, 0.2) is 0 Å². The fourth-order valence-corrected chi connectivity index (χ4v) is 2.69. The van der Waals surface area contributed by atoms with Crippen LogP contribution in [0, 0.1) is 5.92 Å². The van der Waals surface area contributed by atoms with Crippen molar-refractivity contribution in [2.75, 3.05) is 13.1 Å². The number of amides is 3. The average molecular weight is 343 g/mol. The Bertz CT molecular complexity index is 594. The summed E-state index contributed by atoms with van der Waals surface area (Å²) in [6.07, 6.45) is -3.33. The number of nitrogens with zero attached hydrogens (tertiary/aromatic N) is 1. The molecule has 1 aromatic carbocycles. The Kier molecular flexibility index (Phi) is 5.36. The van der Waals surface area contributed by atoms with Crippen molar-refractivity contribution < 1.29 is 22.8 Å². The lowest BCUT2D eigenvalue weighted by Gasteiger charge is -2.31. The van der Waals surface area contributed by atoms with E-state index < -0.39 is 17.8 Å². The van der Waals surface area contributed by atoms with E-state index in [1.807, 2.05) is 0 Å². The van der Waals surface area contributed by atoms with Gasteiger partial charge in [0.1, 0.15) is 0 Å². The number of hydrogen-bond donors (Lipinski definition) is 2. The fraction of sp³-hybridized carbons (Fsp3) is 0.500. The van der Waals surface area contributed by atoms with Gasteiger partial charge in [0, 0.05) is 19.0 Å². The molecule has 1 saturated heterocycles. The number of hydrogen-bond acceptors (Lipinski definition) is 2. The number of benzene rings is 1. The molecule has 132 valence electrons. The number of carbonyl (C=O) groups is 2. The van der Waals surface area contributed by atoms with Crippen molar-refractivity contribution in [3.8, 4) is 0 Å². The van der Waals surface area contributed by atoms with E-state index in [1.54, 1.807) is 11.8 Å². The molecular weight excluding hydrogens is 323 g/mol. The third-order valence-electron chi connectivity index (χ3n) is 4.26. The molecule has 3 amide bonds. The van der Waals surface area contributed by atoms with Crippen molar-refractivity contribution >= 4 is 11.9 Å². The lowest BCUT2D eigenvalue weighted by atomic mass is 9.96. The Hall–Kier alpha value is -2.25. The molecule has 3 N–H and O–H groups in total. The molecule has 0 spiro atoms. The van der Waals surface area contributed by atoms with Gasteiger partial charge in [0.2, 0.25) is 5.91 Å².